The van der Waals surface area contributed by atoms with Crippen molar-refractivity contribution in [1.82, 2.24) is 0 Å². The Kier molecular flexibility index (Phi) is 8.63. The zero-order chi connectivity index (χ0) is 17.1. The summed E-state index contributed by atoms with van der Waals surface area (Å²) in [7, 11) is 4.63. The van der Waals surface area contributed by atoms with Gasteiger partial charge >= 0.3 is 5.97 Å². The molecule has 0 bridgehead atoms. The highest BCUT2D eigenvalue weighted by Crippen LogP contribution is 2.44. The molecule has 0 atom stereocenters. The molecule has 0 amide bonds. The van der Waals surface area contributed by atoms with E-state index in [1.807, 2.05) is 0 Å². The number of rotatable bonds is 11. The fourth-order valence-corrected chi connectivity index (χ4v) is 1.58. The molecule has 0 spiro atoms. The molecule has 0 unspecified atom stereocenters. The molecule has 23 heavy (non-hydrogen) atoms. The van der Waals surface area contributed by atoms with Crippen molar-refractivity contribution < 1.29 is 38.3 Å². The van der Waals surface area contributed by atoms with Crippen LogP contribution >= 0.6 is 0 Å². The van der Waals surface area contributed by atoms with Gasteiger partial charge in [0, 0.05) is 21.1 Å². The molecule has 0 aromatic heterocycles. The van der Waals surface area contributed by atoms with Crippen LogP contribution in [-0.4, -0.2) is 53.7 Å². The first-order valence-electron chi connectivity index (χ1n) is 6.93. The lowest BCUT2D eigenvalue weighted by Gasteiger charge is -2.17. The lowest BCUT2D eigenvalue weighted by molar-refractivity contribution is -0.211. The van der Waals surface area contributed by atoms with Gasteiger partial charge in [0.2, 0.25) is 17.2 Å². The van der Waals surface area contributed by atoms with Crippen molar-refractivity contribution in [2.24, 2.45) is 0 Å². The SMILES string of the molecule is COCCOc1c(OC)ccc(OOC(C)=O)c1OCCOC. The van der Waals surface area contributed by atoms with Crippen molar-refractivity contribution in [1.29, 1.82) is 0 Å². The van der Waals surface area contributed by atoms with E-state index in [-0.39, 0.29) is 24.7 Å². The number of hydrogen-bond donors (Lipinski definition) is 0. The maximum Gasteiger partial charge on any atom is 0.352 e. The number of methoxy groups -OCH3 is 3. The van der Waals surface area contributed by atoms with E-state index in [2.05, 4.69) is 4.89 Å². The number of hydrogen-bond acceptors (Lipinski definition) is 8. The normalized spacial score (nSPS) is 10.1. The zero-order valence-electron chi connectivity index (χ0n) is 13.7. The summed E-state index contributed by atoms with van der Waals surface area (Å²) in [5, 5.41) is 0. The first-order chi connectivity index (χ1) is 11.1. The molecule has 0 aliphatic carbocycles. The molecule has 0 aliphatic rings. The van der Waals surface area contributed by atoms with Crippen LogP contribution in [0.2, 0.25) is 0 Å². The first-order valence-corrected chi connectivity index (χ1v) is 6.93. The molecule has 0 fully saturated rings. The molecule has 8 heteroatoms. The minimum Gasteiger partial charge on any atom is -0.493 e. The topological polar surface area (TPSA) is 81.7 Å². The Hall–Kier alpha value is -2.19. The van der Waals surface area contributed by atoms with E-state index in [0.29, 0.717) is 24.7 Å². The number of benzene rings is 1. The summed E-state index contributed by atoms with van der Waals surface area (Å²) >= 11 is 0. The van der Waals surface area contributed by atoms with Crippen molar-refractivity contribution >= 4 is 5.97 Å². The van der Waals surface area contributed by atoms with Gasteiger partial charge in [0.1, 0.15) is 13.2 Å². The van der Waals surface area contributed by atoms with Crippen molar-refractivity contribution in [3.63, 3.8) is 0 Å². The second kappa shape index (κ2) is 10.5. The van der Waals surface area contributed by atoms with Gasteiger partial charge < -0.3 is 23.7 Å². The van der Waals surface area contributed by atoms with Gasteiger partial charge in [-0.05, 0) is 12.1 Å². The predicted octanol–water partition coefficient (Wildman–Crippen LogP) is 1.60. The molecule has 8 nitrogen and oxygen atoms in total. The molecule has 0 aliphatic heterocycles. The maximum atomic E-state index is 10.9. The van der Waals surface area contributed by atoms with Crippen molar-refractivity contribution in [3.8, 4) is 23.0 Å². The van der Waals surface area contributed by atoms with Crippen LogP contribution in [0.1, 0.15) is 6.92 Å². The van der Waals surface area contributed by atoms with Gasteiger partial charge in [0.15, 0.2) is 5.75 Å². The van der Waals surface area contributed by atoms with Gasteiger partial charge in [-0.2, -0.15) is 0 Å². The van der Waals surface area contributed by atoms with E-state index >= 15 is 0 Å². The quantitative estimate of drug-likeness (QED) is 0.344. The second-order valence-corrected chi connectivity index (χ2v) is 4.26. The van der Waals surface area contributed by atoms with E-state index in [9.17, 15) is 4.79 Å². The summed E-state index contributed by atoms with van der Waals surface area (Å²) in [6, 6.07) is 3.16. The largest absolute Gasteiger partial charge is 0.493 e. The summed E-state index contributed by atoms with van der Waals surface area (Å²) in [5.41, 5.74) is 0. The summed E-state index contributed by atoms with van der Waals surface area (Å²) in [4.78, 5) is 20.5. The molecule has 0 N–H and O–H groups in total. The predicted molar refractivity (Wildman–Crippen MR) is 80.1 cm³/mol. The Balaban J connectivity index is 3.06. The van der Waals surface area contributed by atoms with Crippen LogP contribution in [-0.2, 0) is 19.2 Å². The van der Waals surface area contributed by atoms with Crippen LogP contribution in [0, 0.1) is 0 Å². The second-order valence-electron chi connectivity index (χ2n) is 4.26. The monoisotopic (exact) mass is 330 g/mol. The van der Waals surface area contributed by atoms with Gasteiger partial charge in [-0.1, -0.05) is 0 Å². The summed E-state index contributed by atoms with van der Waals surface area (Å²) < 4.78 is 26.4. The zero-order valence-corrected chi connectivity index (χ0v) is 13.7. The maximum absolute atomic E-state index is 10.9. The molecule has 130 valence electrons. The van der Waals surface area contributed by atoms with Gasteiger partial charge in [0.05, 0.1) is 20.3 Å². The van der Waals surface area contributed by atoms with Crippen LogP contribution in [0.5, 0.6) is 23.0 Å². The Labute approximate surface area is 135 Å². The van der Waals surface area contributed by atoms with E-state index in [0.717, 1.165) is 0 Å². The van der Waals surface area contributed by atoms with Gasteiger partial charge in [-0.15, -0.1) is 0 Å². The Morgan fingerprint density at radius 2 is 1.39 bits per heavy atom. The van der Waals surface area contributed by atoms with Gasteiger partial charge in [-0.3, -0.25) is 9.78 Å². The lowest BCUT2D eigenvalue weighted by Crippen LogP contribution is -2.11. The molecular weight excluding hydrogens is 308 g/mol. The standard InChI is InChI=1S/C15H22O8/c1-11(16)22-23-13-6-5-12(19-4)14(20-9-7-17-2)15(13)21-10-8-18-3/h5-6H,7-10H2,1-4H3. The third-order valence-corrected chi connectivity index (χ3v) is 2.58. The molecular formula is C15H22O8. The lowest BCUT2D eigenvalue weighted by atomic mass is 10.2. The molecule has 0 radical (unpaired) electrons. The van der Waals surface area contributed by atoms with Gasteiger partial charge in [-0.25, -0.2) is 4.79 Å². The van der Waals surface area contributed by atoms with Gasteiger partial charge in [0.25, 0.3) is 0 Å². The highest BCUT2D eigenvalue weighted by atomic mass is 17.2. The molecule has 0 saturated carbocycles. The van der Waals surface area contributed by atoms with E-state index in [4.69, 9.17) is 28.6 Å². The van der Waals surface area contributed by atoms with Crippen molar-refractivity contribution in [3.05, 3.63) is 12.1 Å². The fraction of sp³-hybridized carbons (Fsp3) is 0.533. The summed E-state index contributed by atoms with van der Waals surface area (Å²) in [6.45, 7) is 2.51. The average molecular weight is 330 g/mol. The number of carbonyl (C=O) groups excluding carboxylic acids is 1. The third kappa shape index (κ3) is 6.21. The number of ether oxygens (including phenoxy) is 5. The van der Waals surface area contributed by atoms with Crippen LogP contribution in [0.15, 0.2) is 12.1 Å². The van der Waals surface area contributed by atoms with Crippen LogP contribution in [0.4, 0.5) is 0 Å². The van der Waals surface area contributed by atoms with Crippen LogP contribution in [0.25, 0.3) is 0 Å². The minimum atomic E-state index is -0.592. The molecule has 1 rings (SSSR count). The van der Waals surface area contributed by atoms with E-state index in [1.165, 1.54) is 14.0 Å². The highest BCUT2D eigenvalue weighted by Gasteiger charge is 2.20. The summed E-state index contributed by atoms with van der Waals surface area (Å²) in [6.07, 6.45) is 0. The van der Waals surface area contributed by atoms with Crippen molar-refractivity contribution in [2.75, 3.05) is 47.8 Å². The van der Waals surface area contributed by atoms with E-state index < -0.39 is 5.97 Å². The smallest absolute Gasteiger partial charge is 0.352 e. The molecule has 1 aromatic carbocycles. The fourth-order valence-electron chi connectivity index (χ4n) is 1.58. The molecule has 0 heterocycles. The number of carbonyl (C=O) groups is 1. The Morgan fingerprint density at radius 1 is 0.870 bits per heavy atom. The Bertz CT molecular complexity index is 489. The van der Waals surface area contributed by atoms with Crippen molar-refractivity contribution in [2.45, 2.75) is 6.92 Å². The summed E-state index contributed by atoms with van der Waals surface area (Å²) in [5.74, 6) is 0.614. The van der Waals surface area contributed by atoms with Crippen LogP contribution < -0.4 is 19.1 Å². The van der Waals surface area contributed by atoms with E-state index in [1.54, 1.807) is 26.4 Å². The minimum absolute atomic E-state index is 0.185. The molecule has 0 saturated heterocycles. The Morgan fingerprint density at radius 3 is 1.87 bits per heavy atom. The first kappa shape index (κ1) is 18.9. The molecule has 1 aromatic rings. The highest BCUT2D eigenvalue weighted by molar-refractivity contribution is 5.65. The third-order valence-electron chi connectivity index (χ3n) is 2.58. The van der Waals surface area contributed by atoms with Crippen LogP contribution in [0.3, 0.4) is 0 Å². The average Bonchev–Trinajstić information content (AvgIpc) is 2.54.